The van der Waals surface area contributed by atoms with Crippen molar-refractivity contribution < 1.29 is 23.9 Å². The minimum atomic E-state index is -0.988. The van der Waals surface area contributed by atoms with Crippen LogP contribution >= 0.6 is 0 Å². The van der Waals surface area contributed by atoms with Gasteiger partial charge in [0.05, 0.1) is 19.2 Å². The van der Waals surface area contributed by atoms with E-state index in [2.05, 4.69) is 31.4 Å². The Morgan fingerprint density at radius 1 is 1.00 bits per heavy atom. The molecule has 2 amide bonds. The van der Waals surface area contributed by atoms with Crippen molar-refractivity contribution in [3.8, 4) is 5.75 Å². The molecule has 2 rings (SSSR count). The molecule has 0 heterocycles. The molecule has 2 aromatic carbocycles. The van der Waals surface area contributed by atoms with Gasteiger partial charge >= 0.3 is 5.97 Å². The number of carbonyl (C=O) groups excluding carboxylic acids is 3. The number of hydrogen-bond donors (Lipinski definition) is 2. The summed E-state index contributed by atoms with van der Waals surface area (Å²) < 4.78 is 10.3. The molecule has 0 spiro atoms. The van der Waals surface area contributed by atoms with Crippen LogP contribution in [0.1, 0.15) is 50.0 Å². The Balaban J connectivity index is 1.78. The second-order valence-electron chi connectivity index (χ2n) is 8.15. The molecule has 7 nitrogen and oxygen atoms in total. The number of amides is 2. The highest BCUT2D eigenvalue weighted by Crippen LogP contribution is 2.23. The monoisotopic (exact) mass is 426 g/mol. The number of methoxy groups -OCH3 is 1. The average Bonchev–Trinajstić information content (AvgIpc) is 2.73. The highest BCUT2D eigenvalue weighted by Gasteiger charge is 2.19. The van der Waals surface area contributed by atoms with Crippen LogP contribution in [-0.2, 0) is 19.7 Å². The quantitative estimate of drug-likeness (QED) is 0.628. The molecule has 1 atom stereocenters. The zero-order chi connectivity index (χ0) is 23.0. The zero-order valence-corrected chi connectivity index (χ0v) is 18.7. The van der Waals surface area contributed by atoms with E-state index in [1.807, 2.05) is 12.1 Å². The molecule has 2 N–H and O–H groups in total. The standard InChI is InChI=1S/C24H30N2O5/c1-16(22(28)26-19-8-6-7-9-20(19)30-5)31-21(27)14-15-25-23(29)17-10-12-18(13-11-17)24(2,3)4/h6-13,16H,14-15H2,1-5H3,(H,25,29)(H,26,28)/t16-/m1/s1. The second-order valence-corrected chi connectivity index (χ2v) is 8.15. The van der Waals surface area contributed by atoms with Crippen LogP contribution in [0.25, 0.3) is 0 Å². The van der Waals surface area contributed by atoms with E-state index >= 15 is 0 Å². The summed E-state index contributed by atoms with van der Waals surface area (Å²) >= 11 is 0. The molecule has 31 heavy (non-hydrogen) atoms. The lowest BCUT2D eigenvalue weighted by molar-refractivity contribution is -0.153. The van der Waals surface area contributed by atoms with Crippen LogP contribution in [0.15, 0.2) is 48.5 Å². The van der Waals surface area contributed by atoms with Gasteiger partial charge in [-0.3, -0.25) is 14.4 Å². The molecule has 0 aliphatic carbocycles. The number of anilines is 1. The van der Waals surface area contributed by atoms with Crippen molar-refractivity contribution in [1.82, 2.24) is 5.32 Å². The number of rotatable bonds is 8. The molecule has 0 aliphatic heterocycles. The first kappa shape index (κ1) is 23.9. The summed E-state index contributed by atoms with van der Waals surface area (Å²) in [5, 5.41) is 5.36. The van der Waals surface area contributed by atoms with Crippen molar-refractivity contribution in [1.29, 1.82) is 0 Å². The van der Waals surface area contributed by atoms with Gasteiger partial charge in [0.25, 0.3) is 11.8 Å². The summed E-state index contributed by atoms with van der Waals surface area (Å²) in [4.78, 5) is 36.5. The fraction of sp³-hybridized carbons (Fsp3) is 0.375. The Labute approximate surface area is 183 Å². The van der Waals surface area contributed by atoms with E-state index < -0.39 is 18.0 Å². The predicted octanol–water partition coefficient (Wildman–Crippen LogP) is 3.68. The highest BCUT2D eigenvalue weighted by atomic mass is 16.5. The SMILES string of the molecule is COc1ccccc1NC(=O)[C@@H](C)OC(=O)CCNC(=O)c1ccc(C(C)(C)C)cc1. The first-order valence-electron chi connectivity index (χ1n) is 10.1. The fourth-order valence-corrected chi connectivity index (χ4v) is 2.79. The van der Waals surface area contributed by atoms with Crippen molar-refractivity contribution in [3.05, 3.63) is 59.7 Å². The summed E-state index contributed by atoms with van der Waals surface area (Å²) in [5.74, 6) is -0.810. The van der Waals surface area contributed by atoms with E-state index in [4.69, 9.17) is 9.47 Å². The first-order chi connectivity index (χ1) is 14.6. The molecule has 0 fully saturated rings. The summed E-state index contributed by atoms with van der Waals surface area (Å²) in [6.07, 6.45) is -1.03. The van der Waals surface area contributed by atoms with Gasteiger partial charge in [-0.05, 0) is 42.2 Å². The molecule has 2 aromatic rings. The maximum absolute atomic E-state index is 12.3. The van der Waals surface area contributed by atoms with Crippen molar-refractivity contribution in [2.45, 2.75) is 45.6 Å². The van der Waals surface area contributed by atoms with Crippen molar-refractivity contribution >= 4 is 23.5 Å². The van der Waals surface area contributed by atoms with E-state index in [9.17, 15) is 14.4 Å². The Kier molecular flexibility index (Phi) is 8.19. The number of benzene rings is 2. The fourth-order valence-electron chi connectivity index (χ4n) is 2.79. The molecule has 0 saturated carbocycles. The average molecular weight is 427 g/mol. The molecule has 0 aliphatic rings. The van der Waals surface area contributed by atoms with E-state index in [1.54, 1.807) is 36.4 Å². The zero-order valence-electron chi connectivity index (χ0n) is 18.7. The Hall–Kier alpha value is -3.35. The molecule has 0 unspecified atom stereocenters. The van der Waals surface area contributed by atoms with Gasteiger partial charge in [0.15, 0.2) is 6.10 Å². The number of nitrogens with one attached hydrogen (secondary N) is 2. The first-order valence-corrected chi connectivity index (χ1v) is 10.1. The lowest BCUT2D eigenvalue weighted by Gasteiger charge is -2.19. The van der Waals surface area contributed by atoms with Crippen molar-refractivity contribution in [2.75, 3.05) is 19.0 Å². The summed E-state index contributed by atoms with van der Waals surface area (Å²) in [6.45, 7) is 7.90. The maximum Gasteiger partial charge on any atom is 0.308 e. The number of esters is 1. The molecular weight excluding hydrogens is 396 g/mol. The van der Waals surface area contributed by atoms with Gasteiger partial charge in [-0.25, -0.2) is 0 Å². The number of carbonyl (C=O) groups is 3. The van der Waals surface area contributed by atoms with Crippen LogP contribution in [0, 0.1) is 0 Å². The highest BCUT2D eigenvalue weighted by molar-refractivity contribution is 5.96. The number of hydrogen-bond acceptors (Lipinski definition) is 5. The van der Waals surface area contributed by atoms with E-state index in [1.165, 1.54) is 14.0 Å². The van der Waals surface area contributed by atoms with Crippen LogP contribution in [0.2, 0.25) is 0 Å². The predicted molar refractivity (Wildman–Crippen MR) is 119 cm³/mol. The van der Waals surface area contributed by atoms with E-state index in [0.29, 0.717) is 17.0 Å². The third kappa shape index (κ3) is 7.13. The van der Waals surface area contributed by atoms with Crippen molar-refractivity contribution in [3.63, 3.8) is 0 Å². The lowest BCUT2D eigenvalue weighted by Crippen LogP contribution is -2.32. The molecule has 0 bridgehead atoms. The van der Waals surface area contributed by atoms with Crippen LogP contribution in [-0.4, -0.2) is 37.5 Å². The summed E-state index contributed by atoms with van der Waals surface area (Å²) in [7, 11) is 1.50. The summed E-state index contributed by atoms with van der Waals surface area (Å²) in [5.41, 5.74) is 2.15. The van der Waals surface area contributed by atoms with Crippen LogP contribution in [0.3, 0.4) is 0 Å². The van der Waals surface area contributed by atoms with Gasteiger partial charge in [0.2, 0.25) is 0 Å². The smallest absolute Gasteiger partial charge is 0.308 e. The second kappa shape index (κ2) is 10.6. The van der Waals surface area contributed by atoms with Crippen LogP contribution in [0.5, 0.6) is 5.75 Å². The van der Waals surface area contributed by atoms with E-state index in [0.717, 1.165) is 5.56 Å². The molecule has 166 valence electrons. The van der Waals surface area contributed by atoms with Gasteiger partial charge in [0, 0.05) is 12.1 Å². The van der Waals surface area contributed by atoms with E-state index in [-0.39, 0.29) is 24.3 Å². The third-order valence-electron chi connectivity index (χ3n) is 4.67. The third-order valence-corrected chi connectivity index (χ3v) is 4.67. The van der Waals surface area contributed by atoms with Gasteiger partial charge < -0.3 is 20.1 Å². The largest absolute Gasteiger partial charge is 0.495 e. The van der Waals surface area contributed by atoms with Crippen molar-refractivity contribution in [2.24, 2.45) is 0 Å². The molecular formula is C24H30N2O5. The van der Waals surface area contributed by atoms with Gasteiger partial charge in [-0.1, -0.05) is 45.0 Å². The topological polar surface area (TPSA) is 93.7 Å². The number of ether oxygens (including phenoxy) is 2. The molecule has 0 saturated heterocycles. The minimum Gasteiger partial charge on any atom is -0.495 e. The van der Waals surface area contributed by atoms with Crippen LogP contribution < -0.4 is 15.4 Å². The lowest BCUT2D eigenvalue weighted by atomic mass is 9.87. The molecule has 0 radical (unpaired) electrons. The molecule has 0 aromatic heterocycles. The number of para-hydroxylation sites is 2. The Morgan fingerprint density at radius 3 is 2.26 bits per heavy atom. The minimum absolute atomic E-state index is 0.00733. The Morgan fingerprint density at radius 2 is 1.65 bits per heavy atom. The summed E-state index contributed by atoms with van der Waals surface area (Å²) in [6, 6.07) is 14.3. The maximum atomic E-state index is 12.3. The normalized spacial score (nSPS) is 11.9. The van der Waals surface area contributed by atoms with Gasteiger partial charge in [-0.2, -0.15) is 0 Å². The molecule has 7 heteroatoms. The van der Waals surface area contributed by atoms with Gasteiger partial charge in [-0.15, -0.1) is 0 Å². The van der Waals surface area contributed by atoms with Gasteiger partial charge in [0.1, 0.15) is 5.75 Å². The van der Waals surface area contributed by atoms with Crippen LogP contribution in [0.4, 0.5) is 5.69 Å². The Bertz CT molecular complexity index is 916.